The predicted molar refractivity (Wildman–Crippen MR) is 112 cm³/mol. The lowest BCUT2D eigenvalue weighted by molar-refractivity contribution is 0.176. The average Bonchev–Trinajstić information content (AvgIpc) is 2.99. The summed E-state index contributed by atoms with van der Waals surface area (Å²) in [5, 5.41) is 8.81. The zero-order chi connectivity index (χ0) is 18.7. The molecule has 1 aromatic heterocycles. The molecule has 0 aliphatic carbocycles. The molecule has 1 saturated heterocycles. The first-order valence-corrected chi connectivity index (χ1v) is 9.76. The summed E-state index contributed by atoms with van der Waals surface area (Å²) in [7, 11) is 0. The van der Waals surface area contributed by atoms with Crippen molar-refractivity contribution in [3.63, 3.8) is 0 Å². The van der Waals surface area contributed by atoms with E-state index in [1.807, 2.05) is 4.68 Å². The number of aryl methyl sites for hydroxylation is 3. The minimum Gasteiger partial charge on any atom is -0.346 e. The molecule has 0 spiro atoms. The molecule has 1 fully saturated rings. The maximum atomic E-state index is 5.65. The largest absolute Gasteiger partial charge is 0.346 e. The van der Waals surface area contributed by atoms with Gasteiger partial charge in [0, 0.05) is 56.7 Å². The first kappa shape index (κ1) is 18.9. The van der Waals surface area contributed by atoms with Gasteiger partial charge in [0.25, 0.3) is 0 Å². The van der Waals surface area contributed by atoms with Crippen molar-refractivity contribution in [2.45, 2.75) is 40.8 Å². The van der Waals surface area contributed by atoms with Crippen LogP contribution in [0.3, 0.4) is 0 Å². The van der Waals surface area contributed by atoms with E-state index in [9.17, 15) is 0 Å². The normalized spacial score (nSPS) is 15.3. The van der Waals surface area contributed by atoms with Crippen LogP contribution < -0.4 is 5.32 Å². The smallest absolute Gasteiger partial charge is 0.173 e. The van der Waals surface area contributed by atoms with Crippen molar-refractivity contribution in [3.8, 4) is 0 Å². The van der Waals surface area contributed by atoms with Gasteiger partial charge in [0.05, 0.1) is 5.69 Å². The summed E-state index contributed by atoms with van der Waals surface area (Å²) in [6.07, 6.45) is 2.18. The highest BCUT2D eigenvalue weighted by Crippen LogP contribution is 2.19. The Morgan fingerprint density at radius 1 is 1.15 bits per heavy atom. The summed E-state index contributed by atoms with van der Waals surface area (Å²) >= 11 is 5.65. The Morgan fingerprint density at radius 3 is 2.54 bits per heavy atom. The van der Waals surface area contributed by atoms with Gasteiger partial charge in [0.15, 0.2) is 5.11 Å². The lowest BCUT2D eigenvalue weighted by Gasteiger charge is -2.36. The monoisotopic (exact) mass is 371 g/mol. The first-order chi connectivity index (χ1) is 12.5. The van der Waals surface area contributed by atoms with E-state index in [-0.39, 0.29) is 0 Å². The number of hydrogen-bond donors (Lipinski definition) is 1. The molecule has 26 heavy (non-hydrogen) atoms. The fraction of sp³-hybridized carbons (Fsp3) is 0.500. The molecule has 140 valence electrons. The van der Waals surface area contributed by atoms with E-state index in [0.29, 0.717) is 0 Å². The maximum Gasteiger partial charge on any atom is 0.173 e. The molecule has 3 rings (SSSR count). The number of hydrogen-bond acceptors (Lipinski definition) is 3. The second kappa shape index (κ2) is 8.18. The van der Waals surface area contributed by atoms with Crippen molar-refractivity contribution in [1.29, 1.82) is 0 Å². The van der Waals surface area contributed by atoms with Crippen LogP contribution >= 0.6 is 12.2 Å². The summed E-state index contributed by atoms with van der Waals surface area (Å²) in [6.45, 7) is 14.3. The number of nitrogens with zero attached hydrogens (tertiary/aromatic N) is 4. The van der Waals surface area contributed by atoms with Gasteiger partial charge in [-0.1, -0.05) is 12.1 Å². The Hall–Kier alpha value is -1.92. The third kappa shape index (κ3) is 4.24. The summed E-state index contributed by atoms with van der Waals surface area (Å²) in [5.74, 6) is 0. The number of benzene rings is 1. The molecule has 6 heteroatoms. The van der Waals surface area contributed by atoms with Gasteiger partial charge in [0.2, 0.25) is 0 Å². The van der Waals surface area contributed by atoms with Crippen LogP contribution in [0.5, 0.6) is 0 Å². The fourth-order valence-electron chi connectivity index (χ4n) is 3.31. The minimum absolute atomic E-state index is 0.827. The average molecular weight is 372 g/mol. The van der Waals surface area contributed by atoms with Crippen molar-refractivity contribution in [2.24, 2.45) is 0 Å². The van der Waals surface area contributed by atoms with Gasteiger partial charge in [-0.3, -0.25) is 9.58 Å². The number of thiocarbonyl (C=S) groups is 1. The Labute approximate surface area is 162 Å². The van der Waals surface area contributed by atoms with E-state index in [1.54, 1.807) is 0 Å². The van der Waals surface area contributed by atoms with Crippen molar-refractivity contribution in [3.05, 3.63) is 46.8 Å². The SMILES string of the molecule is CCn1cc(CN2CCN(C(=S)Nc3cccc(C)c3C)CC2)c(C)n1. The van der Waals surface area contributed by atoms with Crippen LogP contribution in [-0.4, -0.2) is 50.9 Å². The second-order valence-corrected chi connectivity index (χ2v) is 7.42. The van der Waals surface area contributed by atoms with Gasteiger partial charge in [0.1, 0.15) is 0 Å². The Kier molecular flexibility index (Phi) is 5.94. The topological polar surface area (TPSA) is 36.3 Å². The van der Waals surface area contributed by atoms with E-state index < -0.39 is 0 Å². The van der Waals surface area contributed by atoms with Gasteiger partial charge >= 0.3 is 0 Å². The van der Waals surface area contributed by atoms with Crippen LogP contribution in [0.4, 0.5) is 5.69 Å². The number of nitrogens with one attached hydrogen (secondary N) is 1. The van der Waals surface area contributed by atoms with Crippen LogP contribution in [0, 0.1) is 20.8 Å². The molecule has 2 aromatic rings. The van der Waals surface area contributed by atoms with Crippen LogP contribution in [-0.2, 0) is 13.1 Å². The molecular formula is C20H29N5S. The Bertz CT molecular complexity index is 775. The zero-order valence-electron chi connectivity index (χ0n) is 16.2. The molecule has 0 unspecified atom stereocenters. The molecule has 0 atom stereocenters. The van der Waals surface area contributed by atoms with Crippen LogP contribution in [0.25, 0.3) is 0 Å². The van der Waals surface area contributed by atoms with E-state index >= 15 is 0 Å². The van der Waals surface area contributed by atoms with E-state index in [4.69, 9.17) is 12.2 Å². The third-order valence-corrected chi connectivity index (χ3v) is 5.63. The number of piperazine rings is 1. The molecule has 0 bridgehead atoms. The van der Waals surface area contributed by atoms with Gasteiger partial charge in [-0.2, -0.15) is 5.10 Å². The molecule has 0 radical (unpaired) electrons. The highest BCUT2D eigenvalue weighted by molar-refractivity contribution is 7.80. The van der Waals surface area contributed by atoms with E-state index in [1.165, 1.54) is 16.7 Å². The lowest BCUT2D eigenvalue weighted by atomic mass is 10.1. The van der Waals surface area contributed by atoms with Gasteiger partial charge in [-0.25, -0.2) is 0 Å². The van der Waals surface area contributed by atoms with Crippen LogP contribution in [0.2, 0.25) is 0 Å². The summed E-state index contributed by atoms with van der Waals surface area (Å²) in [4.78, 5) is 4.76. The standard InChI is InChI=1S/C20H29N5S/c1-5-25-14-18(17(4)22-25)13-23-9-11-24(12-10-23)20(26)21-19-8-6-7-15(2)16(19)3/h6-8,14H,5,9-13H2,1-4H3,(H,21,26). The lowest BCUT2D eigenvalue weighted by Crippen LogP contribution is -2.49. The van der Waals surface area contributed by atoms with Crippen molar-refractivity contribution in [1.82, 2.24) is 19.6 Å². The highest BCUT2D eigenvalue weighted by Gasteiger charge is 2.20. The third-order valence-electron chi connectivity index (χ3n) is 5.27. The van der Waals surface area contributed by atoms with Crippen molar-refractivity contribution in [2.75, 3.05) is 31.5 Å². The number of anilines is 1. The van der Waals surface area contributed by atoms with Crippen LogP contribution in [0.15, 0.2) is 24.4 Å². The molecular weight excluding hydrogens is 342 g/mol. The summed E-state index contributed by atoms with van der Waals surface area (Å²) in [5.41, 5.74) is 6.13. The molecule has 5 nitrogen and oxygen atoms in total. The predicted octanol–water partition coefficient (Wildman–Crippen LogP) is 3.34. The first-order valence-electron chi connectivity index (χ1n) is 9.35. The highest BCUT2D eigenvalue weighted by atomic mass is 32.1. The van der Waals surface area contributed by atoms with Gasteiger partial charge in [-0.15, -0.1) is 0 Å². The van der Waals surface area contributed by atoms with Gasteiger partial charge in [-0.05, 0) is 57.1 Å². The summed E-state index contributed by atoms with van der Waals surface area (Å²) < 4.78 is 2.02. The molecule has 1 aromatic carbocycles. The zero-order valence-corrected chi connectivity index (χ0v) is 17.1. The second-order valence-electron chi connectivity index (χ2n) is 7.04. The minimum atomic E-state index is 0.827. The molecule has 1 aliphatic rings. The molecule has 0 saturated carbocycles. The van der Waals surface area contributed by atoms with Crippen molar-refractivity contribution < 1.29 is 0 Å². The number of rotatable bonds is 4. The molecule has 1 aliphatic heterocycles. The van der Waals surface area contributed by atoms with Crippen LogP contribution in [0.1, 0.15) is 29.3 Å². The molecule has 1 N–H and O–H groups in total. The van der Waals surface area contributed by atoms with E-state index in [0.717, 1.165) is 55.8 Å². The fourth-order valence-corrected chi connectivity index (χ4v) is 3.60. The maximum absolute atomic E-state index is 5.65. The Balaban J connectivity index is 1.53. The molecule has 0 amide bonds. The van der Waals surface area contributed by atoms with Gasteiger partial charge < -0.3 is 10.2 Å². The summed E-state index contributed by atoms with van der Waals surface area (Å²) in [6, 6.07) is 6.30. The quantitative estimate of drug-likeness (QED) is 0.834. The molecule has 2 heterocycles. The Morgan fingerprint density at radius 2 is 1.88 bits per heavy atom. The number of aromatic nitrogens is 2. The van der Waals surface area contributed by atoms with Crippen molar-refractivity contribution >= 4 is 23.0 Å². The van der Waals surface area contributed by atoms with E-state index in [2.05, 4.69) is 72.3 Å².